The third-order valence-electron chi connectivity index (χ3n) is 4.02. The number of fused-ring (bicyclic) bond motifs is 2. The zero-order chi connectivity index (χ0) is 14.8. The van der Waals surface area contributed by atoms with Gasteiger partial charge in [-0.25, -0.2) is 0 Å². The van der Waals surface area contributed by atoms with E-state index in [9.17, 15) is 4.79 Å². The van der Waals surface area contributed by atoms with Crippen molar-refractivity contribution in [3.8, 4) is 11.8 Å². The maximum Gasteiger partial charge on any atom is 0.143 e. The summed E-state index contributed by atoms with van der Waals surface area (Å²) in [6.07, 6.45) is 0.735. The first-order valence-electron chi connectivity index (χ1n) is 7.39. The van der Waals surface area contributed by atoms with Gasteiger partial charge in [0.2, 0.25) is 0 Å². The van der Waals surface area contributed by atoms with Crippen LogP contribution in [0.15, 0.2) is 48.5 Å². The molecule has 2 aromatic rings. The molecule has 21 heavy (non-hydrogen) atoms. The van der Waals surface area contributed by atoms with E-state index in [1.165, 1.54) is 5.56 Å². The summed E-state index contributed by atoms with van der Waals surface area (Å²) in [5, 5.41) is 0. The molecule has 1 heteroatoms. The second-order valence-electron chi connectivity index (χ2n) is 5.81. The van der Waals surface area contributed by atoms with Crippen LogP contribution in [0.3, 0.4) is 0 Å². The molecule has 2 aromatic carbocycles. The first-order chi connectivity index (χ1) is 10.2. The Bertz CT molecular complexity index is 744. The lowest BCUT2D eigenvalue weighted by atomic mass is 9.80. The quantitative estimate of drug-likeness (QED) is 0.758. The molecule has 0 aromatic heterocycles. The van der Waals surface area contributed by atoms with Crippen molar-refractivity contribution in [3.05, 3.63) is 70.8 Å². The van der Waals surface area contributed by atoms with Gasteiger partial charge in [0.1, 0.15) is 5.78 Å². The first kappa shape index (κ1) is 13.6. The van der Waals surface area contributed by atoms with Crippen LogP contribution >= 0.6 is 0 Å². The largest absolute Gasteiger partial charge is 0.299 e. The van der Waals surface area contributed by atoms with Crippen molar-refractivity contribution < 1.29 is 4.79 Å². The van der Waals surface area contributed by atoms with Gasteiger partial charge in [-0.15, -0.1) is 0 Å². The molecule has 104 valence electrons. The van der Waals surface area contributed by atoms with Crippen molar-refractivity contribution in [3.63, 3.8) is 0 Å². The third-order valence-corrected chi connectivity index (χ3v) is 4.02. The monoisotopic (exact) mass is 274 g/mol. The normalized spacial score (nSPS) is 16.0. The van der Waals surface area contributed by atoms with Crippen LogP contribution in [0.25, 0.3) is 0 Å². The number of carbonyl (C=O) groups is 1. The molecule has 0 amide bonds. The Hall–Kier alpha value is -2.33. The summed E-state index contributed by atoms with van der Waals surface area (Å²) in [6.45, 7) is 3.95. The SMILES string of the molecule is CC(C)C(=O)C1Cc2ccccc2C#Cc2ccccc21. The fraction of sp³-hybridized carbons (Fsp3) is 0.250. The van der Waals surface area contributed by atoms with E-state index >= 15 is 0 Å². The van der Waals surface area contributed by atoms with Gasteiger partial charge in [-0.3, -0.25) is 4.79 Å². The van der Waals surface area contributed by atoms with Crippen molar-refractivity contribution in [2.75, 3.05) is 0 Å². The molecular formula is C20H18O. The number of benzene rings is 2. The summed E-state index contributed by atoms with van der Waals surface area (Å²) in [6, 6.07) is 16.2. The highest BCUT2D eigenvalue weighted by atomic mass is 16.1. The van der Waals surface area contributed by atoms with E-state index in [4.69, 9.17) is 0 Å². The van der Waals surface area contributed by atoms with Crippen LogP contribution in [0.5, 0.6) is 0 Å². The molecule has 0 N–H and O–H groups in total. The predicted molar refractivity (Wildman–Crippen MR) is 85.2 cm³/mol. The van der Waals surface area contributed by atoms with Crippen LogP contribution in [0, 0.1) is 17.8 Å². The molecule has 0 radical (unpaired) electrons. The Kier molecular flexibility index (Phi) is 3.62. The highest BCUT2D eigenvalue weighted by molar-refractivity contribution is 5.88. The lowest BCUT2D eigenvalue weighted by Gasteiger charge is -2.22. The van der Waals surface area contributed by atoms with E-state index < -0.39 is 0 Å². The second-order valence-corrected chi connectivity index (χ2v) is 5.81. The summed E-state index contributed by atoms with van der Waals surface area (Å²) in [4.78, 5) is 12.7. The van der Waals surface area contributed by atoms with E-state index in [0.717, 1.165) is 23.1 Å². The van der Waals surface area contributed by atoms with Gasteiger partial charge in [-0.05, 0) is 29.7 Å². The topological polar surface area (TPSA) is 17.1 Å². The van der Waals surface area contributed by atoms with Crippen molar-refractivity contribution >= 4 is 5.78 Å². The molecule has 0 heterocycles. The predicted octanol–water partition coefficient (Wildman–Crippen LogP) is 3.95. The van der Waals surface area contributed by atoms with E-state index in [0.29, 0.717) is 5.78 Å². The van der Waals surface area contributed by atoms with Crippen LogP contribution < -0.4 is 0 Å². The zero-order valence-electron chi connectivity index (χ0n) is 12.4. The summed E-state index contributed by atoms with van der Waals surface area (Å²) >= 11 is 0. The first-order valence-corrected chi connectivity index (χ1v) is 7.39. The molecule has 0 saturated carbocycles. The Balaban J connectivity index is 2.19. The Morgan fingerprint density at radius 1 is 1.00 bits per heavy atom. The highest BCUT2D eigenvalue weighted by Crippen LogP contribution is 2.30. The zero-order valence-corrected chi connectivity index (χ0v) is 12.4. The van der Waals surface area contributed by atoms with E-state index in [-0.39, 0.29) is 11.8 Å². The van der Waals surface area contributed by atoms with Crippen LogP contribution in [-0.4, -0.2) is 5.78 Å². The van der Waals surface area contributed by atoms with Crippen molar-refractivity contribution in [2.45, 2.75) is 26.2 Å². The number of hydrogen-bond acceptors (Lipinski definition) is 1. The number of carbonyl (C=O) groups excluding carboxylic acids is 1. The van der Waals surface area contributed by atoms with Gasteiger partial charge in [-0.1, -0.05) is 62.1 Å². The highest BCUT2D eigenvalue weighted by Gasteiger charge is 2.26. The molecule has 3 rings (SSSR count). The standard InChI is InChI=1S/C20H18O/c1-14(2)20(21)19-13-17-9-4-3-7-15(17)11-12-16-8-5-6-10-18(16)19/h3-10,14,19H,13H2,1-2H3. The maximum absolute atomic E-state index is 12.7. The fourth-order valence-corrected chi connectivity index (χ4v) is 2.86. The summed E-state index contributed by atoms with van der Waals surface area (Å²) in [7, 11) is 0. The van der Waals surface area contributed by atoms with Gasteiger partial charge in [0.05, 0.1) is 0 Å². The molecule has 1 aliphatic rings. The van der Waals surface area contributed by atoms with Gasteiger partial charge in [0, 0.05) is 23.0 Å². The maximum atomic E-state index is 12.7. The van der Waals surface area contributed by atoms with Crippen molar-refractivity contribution in [1.82, 2.24) is 0 Å². The number of hydrogen-bond donors (Lipinski definition) is 0. The number of Topliss-reactive ketones (excluding diaryl/α,β-unsaturated/α-hetero) is 1. The average Bonchev–Trinajstić information content (AvgIpc) is 2.49. The van der Waals surface area contributed by atoms with Gasteiger partial charge < -0.3 is 0 Å². The Morgan fingerprint density at radius 2 is 1.62 bits per heavy atom. The van der Waals surface area contributed by atoms with E-state index in [1.807, 2.05) is 56.3 Å². The van der Waals surface area contributed by atoms with Crippen LogP contribution in [0.2, 0.25) is 0 Å². The smallest absolute Gasteiger partial charge is 0.143 e. The summed E-state index contributed by atoms with van der Waals surface area (Å²) < 4.78 is 0. The van der Waals surface area contributed by atoms with Gasteiger partial charge in [0.15, 0.2) is 0 Å². The fourth-order valence-electron chi connectivity index (χ4n) is 2.86. The minimum Gasteiger partial charge on any atom is -0.299 e. The van der Waals surface area contributed by atoms with Crippen LogP contribution in [-0.2, 0) is 11.2 Å². The Morgan fingerprint density at radius 3 is 2.38 bits per heavy atom. The molecule has 0 aliphatic heterocycles. The minimum atomic E-state index is -0.100. The lowest BCUT2D eigenvalue weighted by molar-refractivity contribution is -0.123. The van der Waals surface area contributed by atoms with E-state index in [1.54, 1.807) is 0 Å². The van der Waals surface area contributed by atoms with Crippen molar-refractivity contribution in [2.24, 2.45) is 5.92 Å². The second kappa shape index (κ2) is 5.58. The molecule has 1 aliphatic carbocycles. The number of rotatable bonds is 2. The lowest BCUT2D eigenvalue weighted by Crippen LogP contribution is -2.22. The molecule has 1 atom stereocenters. The molecule has 1 nitrogen and oxygen atoms in total. The molecule has 1 unspecified atom stereocenters. The van der Waals surface area contributed by atoms with Gasteiger partial charge in [-0.2, -0.15) is 0 Å². The van der Waals surface area contributed by atoms with Crippen LogP contribution in [0.1, 0.15) is 42.0 Å². The van der Waals surface area contributed by atoms with E-state index in [2.05, 4.69) is 17.9 Å². The molecule has 0 fully saturated rings. The van der Waals surface area contributed by atoms with Crippen molar-refractivity contribution in [1.29, 1.82) is 0 Å². The minimum absolute atomic E-state index is 0.0302. The average molecular weight is 274 g/mol. The van der Waals surface area contributed by atoms with Gasteiger partial charge in [0.25, 0.3) is 0 Å². The molecule has 0 bridgehead atoms. The third kappa shape index (κ3) is 2.62. The number of ketones is 1. The molecule has 0 saturated heterocycles. The molecule has 0 spiro atoms. The van der Waals surface area contributed by atoms with Gasteiger partial charge >= 0.3 is 0 Å². The summed E-state index contributed by atoms with van der Waals surface area (Å²) in [5.74, 6) is 6.71. The van der Waals surface area contributed by atoms with Crippen LogP contribution in [0.4, 0.5) is 0 Å². The molecular weight excluding hydrogens is 256 g/mol. The summed E-state index contributed by atoms with van der Waals surface area (Å²) in [5.41, 5.74) is 4.25. The Labute approximate surface area is 126 Å².